The lowest BCUT2D eigenvalue weighted by Gasteiger charge is -2.27. The Kier molecular flexibility index (Phi) is 5.99. The largest absolute Gasteiger partial charge is 0.355 e. The molecule has 3 rings (SSSR count). The van der Waals surface area contributed by atoms with Crippen molar-refractivity contribution < 1.29 is 14.4 Å². The van der Waals surface area contributed by atoms with E-state index >= 15 is 0 Å². The van der Waals surface area contributed by atoms with E-state index in [1.165, 1.54) is 0 Å². The third-order valence-electron chi connectivity index (χ3n) is 5.95. The topological polar surface area (TPSA) is 66.5 Å². The normalized spacial score (nSPS) is 15.0. The Morgan fingerprint density at radius 1 is 1.03 bits per heavy atom. The van der Waals surface area contributed by atoms with Crippen LogP contribution in [0.25, 0.3) is 0 Å². The van der Waals surface area contributed by atoms with Crippen molar-refractivity contribution in [2.75, 3.05) is 21.1 Å². The molecule has 1 atom stereocenters. The van der Waals surface area contributed by atoms with Crippen LogP contribution in [-0.4, -0.2) is 49.6 Å². The number of nitrogens with one attached hydrogen (secondary N) is 1. The highest BCUT2D eigenvalue weighted by Gasteiger charge is 2.39. The number of nitrogens with zero attached hydrogens (tertiary/aromatic N) is 1. The molecule has 2 aromatic carbocycles. The van der Waals surface area contributed by atoms with Gasteiger partial charge in [-0.05, 0) is 69.6 Å². The minimum absolute atomic E-state index is 0.0328. The van der Waals surface area contributed by atoms with Gasteiger partial charge in [0.05, 0.1) is 5.92 Å². The van der Waals surface area contributed by atoms with E-state index in [0.29, 0.717) is 29.5 Å². The monoisotopic (exact) mass is 392 g/mol. The van der Waals surface area contributed by atoms with Crippen LogP contribution < -0.4 is 5.32 Å². The maximum Gasteiger partial charge on any atom is 0.251 e. The van der Waals surface area contributed by atoms with Gasteiger partial charge in [-0.15, -0.1) is 0 Å². The second-order valence-electron chi connectivity index (χ2n) is 8.05. The summed E-state index contributed by atoms with van der Waals surface area (Å²) in [5, 5.41) is 2.66. The summed E-state index contributed by atoms with van der Waals surface area (Å²) in [6, 6.07) is 10.9. The second kappa shape index (κ2) is 8.29. The van der Waals surface area contributed by atoms with Gasteiger partial charge in [0, 0.05) is 29.8 Å². The quantitative estimate of drug-likeness (QED) is 0.767. The molecule has 0 aromatic heterocycles. The van der Waals surface area contributed by atoms with Crippen molar-refractivity contribution in [2.24, 2.45) is 5.92 Å². The summed E-state index contributed by atoms with van der Waals surface area (Å²) in [6.07, 6.45) is 1.20. The number of aryl methyl sites for hydroxylation is 2. The molecule has 29 heavy (non-hydrogen) atoms. The zero-order chi connectivity index (χ0) is 21.3. The number of hydrogen-bond donors (Lipinski definition) is 1. The van der Waals surface area contributed by atoms with Crippen LogP contribution in [0.5, 0.6) is 0 Å². The van der Waals surface area contributed by atoms with E-state index in [1.54, 1.807) is 31.3 Å². The molecule has 1 aliphatic rings. The van der Waals surface area contributed by atoms with Crippen molar-refractivity contribution in [3.05, 3.63) is 69.8 Å². The fourth-order valence-corrected chi connectivity index (χ4v) is 4.20. The lowest BCUT2D eigenvalue weighted by molar-refractivity contribution is 0.0803. The van der Waals surface area contributed by atoms with Gasteiger partial charge in [-0.2, -0.15) is 0 Å². The van der Waals surface area contributed by atoms with E-state index in [9.17, 15) is 14.4 Å². The Hall–Kier alpha value is -2.79. The summed E-state index contributed by atoms with van der Waals surface area (Å²) in [4.78, 5) is 39.7. The molecule has 0 bridgehead atoms. The number of amides is 1. The van der Waals surface area contributed by atoms with Crippen molar-refractivity contribution >= 4 is 17.5 Å². The Bertz CT molecular complexity index is 920. The molecule has 2 aromatic rings. The average molecular weight is 392 g/mol. The number of Topliss-reactive ketones (excluding diaryl/α,β-unsaturated/α-hetero) is 2. The molecule has 1 N–H and O–H groups in total. The molecule has 0 fully saturated rings. The number of carbonyl (C=O) groups is 3. The van der Waals surface area contributed by atoms with E-state index in [2.05, 4.69) is 10.2 Å². The number of carbonyl (C=O) groups excluding carboxylic acids is 3. The highest BCUT2D eigenvalue weighted by Crippen LogP contribution is 2.31. The molecular formula is C24H28N2O3. The van der Waals surface area contributed by atoms with Crippen LogP contribution in [0.1, 0.15) is 54.2 Å². The molecule has 0 saturated carbocycles. The van der Waals surface area contributed by atoms with Crippen LogP contribution in [-0.2, 0) is 6.42 Å². The molecule has 5 heteroatoms. The Labute approximate surface area is 172 Å². The highest BCUT2D eigenvalue weighted by molar-refractivity contribution is 6.26. The van der Waals surface area contributed by atoms with Gasteiger partial charge in [0.25, 0.3) is 5.91 Å². The molecule has 0 heterocycles. The predicted molar refractivity (Wildman–Crippen MR) is 114 cm³/mol. The second-order valence-corrected chi connectivity index (χ2v) is 8.05. The van der Waals surface area contributed by atoms with Crippen molar-refractivity contribution in [1.29, 1.82) is 0 Å². The summed E-state index contributed by atoms with van der Waals surface area (Å²) in [5.74, 6) is -0.862. The first-order chi connectivity index (χ1) is 13.7. The molecule has 1 amide bonds. The van der Waals surface area contributed by atoms with Gasteiger partial charge in [0.15, 0.2) is 11.6 Å². The number of benzene rings is 2. The fraction of sp³-hybridized carbons (Fsp3) is 0.375. The zero-order valence-electron chi connectivity index (χ0n) is 17.7. The van der Waals surface area contributed by atoms with E-state index < -0.39 is 5.92 Å². The van der Waals surface area contributed by atoms with Crippen LogP contribution >= 0.6 is 0 Å². The average Bonchev–Trinajstić information content (AvgIpc) is 2.93. The summed E-state index contributed by atoms with van der Waals surface area (Å²) in [6.45, 7) is 4.01. The van der Waals surface area contributed by atoms with Crippen molar-refractivity contribution in [1.82, 2.24) is 10.2 Å². The number of likely N-dealkylation sites (N-methyl/N-ethyl adjacent to an activating group) is 1. The minimum atomic E-state index is -0.620. The van der Waals surface area contributed by atoms with Crippen molar-refractivity contribution in [3.8, 4) is 0 Å². The summed E-state index contributed by atoms with van der Waals surface area (Å²) < 4.78 is 0. The molecule has 1 aliphatic carbocycles. The molecule has 0 radical (unpaired) electrons. The first kappa shape index (κ1) is 20.9. The summed E-state index contributed by atoms with van der Waals surface area (Å²) in [7, 11) is 5.58. The van der Waals surface area contributed by atoms with Crippen LogP contribution in [0.15, 0.2) is 36.4 Å². The number of rotatable bonds is 6. The molecule has 0 saturated heterocycles. The minimum Gasteiger partial charge on any atom is -0.355 e. The highest BCUT2D eigenvalue weighted by atomic mass is 16.2. The SMILES string of the molecule is CNC(=O)c1cc(C)c(CC(CC2C(=O)c3ccccc3C2=O)N(C)C)c(C)c1. The van der Waals surface area contributed by atoms with Gasteiger partial charge >= 0.3 is 0 Å². The van der Waals surface area contributed by atoms with E-state index in [1.807, 2.05) is 40.1 Å². The Morgan fingerprint density at radius 2 is 1.55 bits per heavy atom. The van der Waals surface area contributed by atoms with E-state index in [0.717, 1.165) is 16.7 Å². The maximum absolute atomic E-state index is 12.8. The van der Waals surface area contributed by atoms with E-state index in [4.69, 9.17) is 0 Å². The summed E-state index contributed by atoms with van der Waals surface area (Å²) in [5.41, 5.74) is 4.98. The first-order valence-electron chi connectivity index (χ1n) is 9.90. The molecule has 0 aliphatic heterocycles. The van der Waals surface area contributed by atoms with Crippen LogP contribution in [0.3, 0.4) is 0 Å². The van der Waals surface area contributed by atoms with Gasteiger partial charge in [0.1, 0.15) is 0 Å². The van der Waals surface area contributed by atoms with Crippen molar-refractivity contribution in [2.45, 2.75) is 32.7 Å². The van der Waals surface area contributed by atoms with Crippen LogP contribution in [0, 0.1) is 19.8 Å². The standard InChI is InChI=1S/C24H28N2O3/c1-14-10-16(24(29)25-3)11-15(2)20(14)12-17(26(4)5)13-21-22(27)18-8-6-7-9-19(18)23(21)28/h6-11,17,21H,12-13H2,1-5H3,(H,25,29). The molecular weight excluding hydrogens is 364 g/mol. The lowest BCUT2D eigenvalue weighted by atomic mass is 9.87. The van der Waals surface area contributed by atoms with Crippen LogP contribution in [0.4, 0.5) is 0 Å². The maximum atomic E-state index is 12.8. The van der Waals surface area contributed by atoms with Gasteiger partial charge < -0.3 is 10.2 Å². The van der Waals surface area contributed by atoms with Gasteiger partial charge in [-0.1, -0.05) is 24.3 Å². The number of ketones is 2. The Balaban J connectivity index is 1.85. The molecule has 152 valence electrons. The molecule has 1 unspecified atom stereocenters. The lowest BCUT2D eigenvalue weighted by Crippen LogP contribution is -2.35. The van der Waals surface area contributed by atoms with Crippen LogP contribution in [0.2, 0.25) is 0 Å². The Morgan fingerprint density at radius 3 is 2.00 bits per heavy atom. The number of fused-ring (bicyclic) bond motifs is 1. The smallest absolute Gasteiger partial charge is 0.251 e. The predicted octanol–water partition coefficient (Wildman–Crippen LogP) is 3.22. The van der Waals surface area contributed by atoms with Gasteiger partial charge in [-0.3, -0.25) is 14.4 Å². The number of hydrogen-bond acceptors (Lipinski definition) is 4. The third-order valence-corrected chi connectivity index (χ3v) is 5.95. The zero-order valence-corrected chi connectivity index (χ0v) is 17.7. The first-order valence-corrected chi connectivity index (χ1v) is 9.90. The molecule has 0 spiro atoms. The molecule has 5 nitrogen and oxygen atoms in total. The summed E-state index contributed by atoms with van der Waals surface area (Å²) >= 11 is 0. The van der Waals surface area contributed by atoms with E-state index in [-0.39, 0.29) is 23.5 Å². The van der Waals surface area contributed by atoms with Crippen molar-refractivity contribution in [3.63, 3.8) is 0 Å². The third kappa shape index (κ3) is 4.01. The fourth-order valence-electron chi connectivity index (χ4n) is 4.20. The van der Waals surface area contributed by atoms with Gasteiger partial charge in [-0.25, -0.2) is 0 Å². The van der Waals surface area contributed by atoms with Gasteiger partial charge in [0.2, 0.25) is 0 Å².